The van der Waals surface area contributed by atoms with E-state index in [2.05, 4.69) is 10.4 Å². The second-order valence-electron chi connectivity index (χ2n) is 5.67. The van der Waals surface area contributed by atoms with E-state index in [1.165, 1.54) is 24.1 Å². The number of rotatable bonds is 6. The maximum atomic E-state index is 12.0. The number of aromatic nitrogens is 3. The highest BCUT2D eigenvalue weighted by molar-refractivity contribution is 5.88. The van der Waals surface area contributed by atoms with Crippen molar-refractivity contribution in [3.8, 4) is 16.8 Å². The topological polar surface area (TPSA) is 108 Å². The van der Waals surface area contributed by atoms with Gasteiger partial charge in [-0.15, -0.1) is 0 Å². The van der Waals surface area contributed by atoms with Crippen LogP contribution in [0.3, 0.4) is 0 Å². The summed E-state index contributed by atoms with van der Waals surface area (Å²) in [5.41, 5.74) is 1.61. The summed E-state index contributed by atoms with van der Waals surface area (Å²) >= 11 is 0. The van der Waals surface area contributed by atoms with Gasteiger partial charge in [-0.25, -0.2) is 14.3 Å². The average Bonchev–Trinajstić information content (AvgIpc) is 3.27. The number of benzene rings is 1. The molecule has 9 nitrogen and oxygen atoms in total. The number of hydrogen-bond donors (Lipinski definition) is 1. The van der Waals surface area contributed by atoms with Crippen molar-refractivity contribution in [2.75, 3.05) is 6.61 Å². The molecule has 0 spiro atoms. The van der Waals surface area contributed by atoms with Gasteiger partial charge in [0.2, 0.25) is 5.91 Å². The molecule has 1 aromatic carbocycles. The number of esters is 1. The molecule has 9 heteroatoms. The number of hydrogen-bond acceptors (Lipinski definition) is 6. The zero-order valence-corrected chi connectivity index (χ0v) is 14.8. The summed E-state index contributed by atoms with van der Waals surface area (Å²) in [5, 5.41) is 6.69. The Morgan fingerprint density at radius 3 is 2.63 bits per heavy atom. The Morgan fingerprint density at radius 2 is 1.96 bits per heavy atom. The van der Waals surface area contributed by atoms with Crippen LogP contribution in [0, 0.1) is 0 Å². The van der Waals surface area contributed by atoms with Crippen molar-refractivity contribution >= 4 is 11.9 Å². The third-order valence-electron chi connectivity index (χ3n) is 3.71. The highest BCUT2D eigenvalue weighted by Gasteiger charge is 2.12. The van der Waals surface area contributed by atoms with Crippen LogP contribution < -0.4 is 10.9 Å². The van der Waals surface area contributed by atoms with Gasteiger partial charge in [0.05, 0.1) is 35.8 Å². The van der Waals surface area contributed by atoms with Crippen molar-refractivity contribution in [2.45, 2.75) is 20.5 Å². The van der Waals surface area contributed by atoms with Gasteiger partial charge in [-0.2, -0.15) is 9.84 Å². The number of ether oxygens (including phenoxy) is 1. The van der Waals surface area contributed by atoms with Crippen molar-refractivity contribution in [1.82, 2.24) is 19.8 Å². The van der Waals surface area contributed by atoms with Gasteiger partial charge < -0.3 is 14.6 Å². The summed E-state index contributed by atoms with van der Waals surface area (Å²) in [6.45, 7) is 3.49. The second-order valence-corrected chi connectivity index (χ2v) is 5.67. The fourth-order valence-electron chi connectivity index (χ4n) is 2.42. The summed E-state index contributed by atoms with van der Waals surface area (Å²) in [6, 6.07) is 7.02. The van der Waals surface area contributed by atoms with Crippen LogP contribution in [0.4, 0.5) is 0 Å². The van der Waals surface area contributed by atoms with E-state index < -0.39 is 11.6 Å². The van der Waals surface area contributed by atoms with Gasteiger partial charge in [0.1, 0.15) is 6.67 Å². The van der Waals surface area contributed by atoms with Gasteiger partial charge >= 0.3 is 11.6 Å². The molecule has 1 amide bonds. The SMILES string of the molecule is CCOC(=O)c1cnn(-c2ccc(-c3cn(CNC(C)=O)oc3=O)cc2)c1. The van der Waals surface area contributed by atoms with E-state index in [-0.39, 0.29) is 12.6 Å². The largest absolute Gasteiger partial charge is 0.462 e. The molecule has 0 atom stereocenters. The molecule has 0 bridgehead atoms. The minimum Gasteiger partial charge on any atom is -0.462 e. The lowest BCUT2D eigenvalue weighted by molar-refractivity contribution is -0.119. The molecule has 0 saturated carbocycles. The molecular formula is C18H18N4O5. The average molecular weight is 370 g/mol. The zero-order valence-electron chi connectivity index (χ0n) is 14.8. The standard InChI is InChI=1S/C18H18N4O5/c1-3-26-17(24)14-8-20-22(9-14)15-6-4-13(5-7-15)16-10-21(27-18(16)25)11-19-12(2)23/h4-10H,3,11H2,1-2H3,(H,19,23). The van der Waals surface area contributed by atoms with E-state index in [0.717, 1.165) is 5.69 Å². The zero-order chi connectivity index (χ0) is 19.4. The molecule has 3 aromatic rings. The fourth-order valence-corrected chi connectivity index (χ4v) is 2.42. The highest BCUT2D eigenvalue weighted by Crippen LogP contribution is 2.18. The van der Waals surface area contributed by atoms with Gasteiger partial charge in [0, 0.05) is 13.1 Å². The number of carbonyl (C=O) groups excluding carboxylic acids is 2. The van der Waals surface area contributed by atoms with Gasteiger partial charge in [0.15, 0.2) is 0 Å². The molecule has 3 rings (SSSR count). The number of amides is 1. The molecule has 0 fully saturated rings. The van der Waals surface area contributed by atoms with Crippen LogP contribution in [0.25, 0.3) is 16.8 Å². The van der Waals surface area contributed by atoms with E-state index >= 15 is 0 Å². The van der Waals surface area contributed by atoms with Crippen LogP contribution in [-0.2, 0) is 16.2 Å². The van der Waals surface area contributed by atoms with E-state index in [0.29, 0.717) is 23.3 Å². The number of nitrogens with zero attached hydrogens (tertiary/aromatic N) is 3. The third-order valence-corrected chi connectivity index (χ3v) is 3.71. The van der Waals surface area contributed by atoms with Crippen molar-refractivity contribution in [2.24, 2.45) is 0 Å². The molecule has 0 unspecified atom stereocenters. The lowest BCUT2D eigenvalue weighted by Gasteiger charge is -2.02. The van der Waals surface area contributed by atoms with Gasteiger partial charge in [-0.3, -0.25) is 4.79 Å². The quantitative estimate of drug-likeness (QED) is 0.660. The normalized spacial score (nSPS) is 10.6. The number of nitrogens with one attached hydrogen (secondary N) is 1. The van der Waals surface area contributed by atoms with Crippen LogP contribution in [0.15, 0.2) is 52.2 Å². The summed E-state index contributed by atoms with van der Waals surface area (Å²) in [7, 11) is 0. The first-order valence-electron chi connectivity index (χ1n) is 8.25. The van der Waals surface area contributed by atoms with Crippen molar-refractivity contribution in [3.63, 3.8) is 0 Å². The number of carbonyl (C=O) groups is 2. The monoisotopic (exact) mass is 370 g/mol. The van der Waals surface area contributed by atoms with Crippen LogP contribution in [-0.4, -0.2) is 33.0 Å². The third kappa shape index (κ3) is 4.14. The summed E-state index contributed by atoms with van der Waals surface area (Å²) < 4.78 is 12.8. The Bertz CT molecular complexity index is 1010. The molecule has 0 aliphatic carbocycles. The molecule has 2 heterocycles. The highest BCUT2D eigenvalue weighted by atomic mass is 16.5. The minimum absolute atomic E-state index is 0.0760. The molecular weight excluding hydrogens is 352 g/mol. The smallest absolute Gasteiger partial charge is 0.365 e. The molecule has 0 aliphatic rings. The first-order chi connectivity index (χ1) is 13.0. The van der Waals surface area contributed by atoms with Crippen molar-refractivity contribution < 1.29 is 18.8 Å². The van der Waals surface area contributed by atoms with Crippen LogP contribution in [0.1, 0.15) is 24.2 Å². The minimum atomic E-state index is -0.503. The Balaban J connectivity index is 1.79. The Labute approximate surface area is 154 Å². The van der Waals surface area contributed by atoms with Crippen LogP contribution in [0.2, 0.25) is 0 Å². The summed E-state index contributed by atoms with van der Waals surface area (Å²) in [4.78, 5) is 34.7. The molecule has 140 valence electrons. The van der Waals surface area contributed by atoms with E-state index in [1.54, 1.807) is 42.1 Å². The first-order valence-corrected chi connectivity index (χ1v) is 8.25. The maximum absolute atomic E-state index is 12.0. The summed E-state index contributed by atoms with van der Waals surface area (Å²) in [5.74, 6) is -0.655. The van der Waals surface area contributed by atoms with Gasteiger partial charge in [-0.05, 0) is 24.6 Å². The van der Waals surface area contributed by atoms with Crippen molar-refractivity contribution in [1.29, 1.82) is 0 Å². The van der Waals surface area contributed by atoms with E-state index in [1.807, 2.05) is 0 Å². The molecule has 1 N–H and O–H groups in total. The first kappa shape index (κ1) is 18.2. The molecule has 2 aromatic heterocycles. The lowest BCUT2D eigenvalue weighted by atomic mass is 10.1. The van der Waals surface area contributed by atoms with Crippen molar-refractivity contribution in [3.05, 3.63) is 58.8 Å². The Kier molecular flexibility index (Phi) is 5.20. The molecule has 27 heavy (non-hydrogen) atoms. The second kappa shape index (κ2) is 7.73. The lowest BCUT2D eigenvalue weighted by Crippen LogP contribution is -2.22. The maximum Gasteiger partial charge on any atom is 0.365 e. The Hall–Kier alpha value is -3.62. The van der Waals surface area contributed by atoms with E-state index in [4.69, 9.17) is 9.26 Å². The van der Waals surface area contributed by atoms with Gasteiger partial charge in [-0.1, -0.05) is 12.1 Å². The molecule has 0 saturated heterocycles. The predicted octanol–water partition coefficient (Wildman–Crippen LogP) is 1.56. The molecule has 0 aliphatic heterocycles. The van der Waals surface area contributed by atoms with E-state index in [9.17, 15) is 14.4 Å². The Morgan fingerprint density at radius 1 is 1.22 bits per heavy atom. The van der Waals surface area contributed by atoms with Crippen LogP contribution >= 0.6 is 0 Å². The predicted molar refractivity (Wildman–Crippen MR) is 95.3 cm³/mol. The van der Waals surface area contributed by atoms with Crippen LogP contribution in [0.5, 0.6) is 0 Å². The molecule has 0 radical (unpaired) electrons. The summed E-state index contributed by atoms with van der Waals surface area (Å²) in [6.07, 6.45) is 4.54. The fraction of sp³-hybridized carbons (Fsp3) is 0.222. The van der Waals surface area contributed by atoms with Gasteiger partial charge in [0.25, 0.3) is 0 Å².